The fourth-order valence-corrected chi connectivity index (χ4v) is 2.74. The maximum absolute atomic E-state index is 11.2. The van der Waals surface area contributed by atoms with Gasteiger partial charge >= 0.3 is 7.82 Å². The number of nitrogens with zero attached hydrogens (tertiary/aromatic N) is 1. The van der Waals surface area contributed by atoms with E-state index in [2.05, 4.69) is 0 Å². The van der Waals surface area contributed by atoms with Crippen LogP contribution < -0.4 is 4.52 Å². The van der Waals surface area contributed by atoms with Crippen LogP contribution in [-0.2, 0) is 17.4 Å². The summed E-state index contributed by atoms with van der Waals surface area (Å²) in [5.41, 5.74) is 0.947. The van der Waals surface area contributed by atoms with Crippen molar-refractivity contribution in [3.63, 3.8) is 0 Å². The van der Waals surface area contributed by atoms with Crippen LogP contribution in [0.4, 0.5) is 5.69 Å². The fourth-order valence-electron chi connectivity index (χ4n) is 2.31. The minimum absolute atomic E-state index is 0.0169. The molecule has 0 radical (unpaired) electrons. The Bertz CT molecular complexity index is 593. The van der Waals surface area contributed by atoms with Gasteiger partial charge in [0.25, 0.3) is 5.69 Å². The molecule has 0 aliphatic rings. The Kier molecular flexibility index (Phi) is 6.11. The van der Waals surface area contributed by atoms with Crippen molar-refractivity contribution in [1.82, 2.24) is 0 Å². The maximum atomic E-state index is 11.2. The molecule has 0 fully saturated rings. The van der Waals surface area contributed by atoms with E-state index in [1.54, 1.807) is 0 Å². The smallest absolute Gasteiger partial charge is 0.404 e. The summed E-state index contributed by atoms with van der Waals surface area (Å²) >= 11 is 0. The Morgan fingerprint density at radius 1 is 1.14 bits per heavy atom. The molecule has 0 aliphatic carbocycles. The summed E-state index contributed by atoms with van der Waals surface area (Å²) in [6.45, 7) is 7.72. The Morgan fingerprint density at radius 2 is 1.64 bits per heavy atom. The summed E-state index contributed by atoms with van der Waals surface area (Å²) in [5.74, 6) is 0.338. The number of phosphoric ester groups is 1. The van der Waals surface area contributed by atoms with Gasteiger partial charge in [0.2, 0.25) is 0 Å². The average Bonchev–Trinajstić information content (AvgIpc) is 2.29. The van der Waals surface area contributed by atoms with Crippen LogP contribution >= 0.6 is 7.82 Å². The van der Waals surface area contributed by atoms with Gasteiger partial charge in [-0.25, -0.2) is 4.57 Å². The second kappa shape index (κ2) is 7.22. The summed E-state index contributed by atoms with van der Waals surface area (Å²) in [5, 5.41) is 11.2. The molecule has 0 aromatic heterocycles. The zero-order valence-electron chi connectivity index (χ0n) is 13.1. The average molecular weight is 331 g/mol. The highest BCUT2D eigenvalue weighted by Gasteiger charge is 2.26. The van der Waals surface area contributed by atoms with Crippen LogP contribution in [0.15, 0.2) is 12.1 Å². The molecule has 2 N–H and O–H groups in total. The van der Waals surface area contributed by atoms with Gasteiger partial charge < -0.3 is 4.52 Å². The minimum Gasteiger partial charge on any atom is -0.404 e. The van der Waals surface area contributed by atoms with Gasteiger partial charge in [0.1, 0.15) is 5.75 Å². The van der Waals surface area contributed by atoms with Crippen LogP contribution in [0.2, 0.25) is 0 Å². The molecule has 1 aromatic carbocycles. The van der Waals surface area contributed by atoms with E-state index in [0.29, 0.717) is 24.0 Å². The predicted octanol–water partition coefficient (Wildman–Crippen LogP) is 3.46. The quantitative estimate of drug-likeness (QED) is 0.450. The van der Waals surface area contributed by atoms with Crippen LogP contribution in [0.5, 0.6) is 5.75 Å². The topological polar surface area (TPSA) is 110 Å². The van der Waals surface area contributed by atoms with Gasteiger partial charge in [-0.15, -0.1) is 0 Å². The number of benzene rings is 1. The zero-order chi connectivity index (χ0) is 17.1. The van der Waals surface area contributed by atoms with Crippen molar-refractivity contribution in [2.45, 2.75) is 40.5 Å². The van der Waals surface area contributed by atoms with Gasteiger partial charge in [-0.1, -0.05) is 27.7 Å². The normalized spacial score (nSPS) is 12.0. The van der Waals surface area contributed by atoms with Gasteiger partial charge in [0.15, 0.2) is 0 Å². The molecule has 0 heterocycles. The van der Waals surface area contributed by atoms with E-state index in [1.807, 2.05) is 27.7 Å². The van der Waals surface area contributed by atoms with Crippen molar-refractivity contribution in [2.24, 2.45) is 11.8 Å². The highest BCUT2D eigenvalue weighted by Crippen LogP contribution is 2.42. The first kappa shape index (κ1) is 18.6. The van der Waals surface area contributed by atoms with Gasteiger partial charge in [0, 0.05) is 17.2 Å². The lowest BCUT2D eigenvalue weighted by Gasteiger charge is -2.18. The zero-order valence-corrected chi connectivity index (χ0v) is 14.0. The third kappa shape index (κ3) is 5.40. The van der Waals surface area contributed by atoms with E-state index in [1.165, 1.54) is 12.1 Å². The lowest BCUT2D eigenvalue weighted by molar-refractivity contribution is -0.385. The van der Waals surface area contributed by atoms with E-state index in [0.717, 1.165) is 0 Å². The Balaban J connectivity index is 3.51. The molecule has 124 valence electrons. The highest BCUT2D eigenvalue weighted by molar-refractivity contribution is 7.46. The van der Waals surface area contributed by atoms with E-state index in [9.17, 15) is 14.7 Å². The molecule has 0 saturated heterocycles. The summed E-state index contributed by atoms with van der Waals surface area (Å²) < 4.78 is 15.9. The first-order chi connectivity index (χ1) is 10.0. The van der Waals surface area contributed by atoms with Crippen LogP contribution in [-0.4, -0.2) is 14.7 Å². The molecule has 0 aliphatic heterocycles. The Labute approximate surface area is 129 Å². The molecule has 0 saturated carbocycles. The third-order valence-electron chi connectivity index (χ3n) is 3.00. The standard InChI is InChI=1S/C14H22NO6P/c1-9(2)7-11-12(8-10(3)4)14(21-22(18,19)20)6-5-13(11)15(16)17/h5-6,9-10H,7-8H2,1-4H3,(H2,18,19,20). The monoisotopic (exact) mass is 331 g/mol. The van der Waals surface area contributed by atoms with E-state index in [-0.39, 0.29) is 23.3 Å². The van der Waals surface area contributed by atoms with Crippen LogP contribution in [0.3, 0.4) is 0 Å². The third-order valence-corrected chi connectivity index (χ3v) is 3.44. The summed E-state index contributed by atoms with van der Waals surface area (Å²) in [6.07, 6.45) is 0.885. The highest BCUT2D eigenvalue weighted by atomic mass is 31.2. The lowest BCUT2D eigenvalue weighted by atomic mass is 9.91. The molecule has 0 spiro atoms. The van der Waals surface area contributed by atoms with Crippen molar-refractivity contribution < 1.29 is 23.8 Å². The molecule has 0 unspecified atom stereocenters. The van der Waals surface area contributed by atoms with Crippen molar-refractivity contribution in [3.05, 3.63) is 33.4 Å². The number of nitro benzene ring substituents is 1. The molecule has 7 nitrogen and oxygen atoms in total. The molecular weight excluding hydrogens is 309 g/mol. The molecule has 22 heavy (non-hydrogen) atoms. The van der Waals surface area contributed by atoms with Gasteiger partial charge in [-0.05, 0) is 30.7 Å². The van der Waals surface area contributed by atoms with E-state index < -0.39 is 12.7 Å². The van der Waals surface area contributed by atoms with Gasteiger partial charge in [-0.3, -0.25) is 19.9 Å². The number of phosphoric acid groups is 1. The molecule has 0 bridgehead atoms. The lowest BCUT2D eigenvalue weighted by Crippen LogP contribution is -2.09. The summed E-state index contributed by atoms with van der Waals surface area (Å²) in [7, 11) is -4.72. The fraction of sp³-hybridized carbons (Fsp3) is 0.571. The van der Waals surface area contributed by atoms with Crippen molar-refractivity contribution in [3.8, 4) is 5.75 Å². The van der Waals surface area contributed by atoms with Gasteiger partial charge in [-0.2, -0.15) is 0 Å². The first-order valence-electron chi connectivity index (χ1n) is 7.05. The molecule has 0 amide bonds. The number of hydrogen-bond acceptors (Lipinski definition) is 4. The van der Waals surface area contributed by atoms with Crippen LogP contribution in [0.1, 0.15) is 38.8 Å². The SMILES string of the molecule is CC(C)Cc1c(OP(=O)(O)O)ccc([N+](=O)[O-])c1CC(C)C. The summed E-state index contributed by atoms with van der Waals surface area (Å²) in [4.78, 5) is 28.9. The second-order valence-electron chi connectivity index (χ2n) is 6.07. The minimum atomic E-state index is -4.72. The molecule has 8 heteroatoms. The van der Waals surface area contributed by atoms with Crippen LogP contribution in [0, 0.1) is 22.0 Å². The van der Waals surface area contributed by atoms with Crippen molar-refractivity contribution in [2.75, 3.05) is 0 Å². The predicted molar refractivity (Wildman–Crippen MR) is 82.9 cm³/mol. The van der Waals surface area contributed by atoms with Gasteiger partial charge in [0.05, 0.1) is 4.92 Å². The molecular formula is C14H22NO6P. The largest absolute Gasteiger partial charge is 0.524 e. The number of rotatable bonds is 7. The Morgan fingerprint density at radius 3 is 2.05 bits per heavy atom. The second-order valence-corrected chi connectivity index (χ2v) is 7.24. The molecule has 1 rings (SSSR count). The summed E-state index contributed by atoms with van der Waals surface area (Å²) in [6, 6.07) is 2.51. The number of hydrogen-bond donors (Lipinski definition) is 2. The Hall–Kier alpha value is -1.43. The first-order valence-corrected chi connectivity index (χ1v) is 8.58. The van der Waals surface area contributed by atoms with Crippen molar-refractivity contribution in [1.29, 1.82) is 0 Å². The maximum Gasteiger partial charge on any atom is 0.524 e. The van der Waals surface area contributed by atoms with E-state index >= 15 is 0 Å². The molecule has 0 atom stereocenters. The van der Waals surface area contributed by atoms with Crippen molar-refractivity contribution >= 4 is 13.5 Å². The molecule has 1 aromatic rings. The van der Waals surface area contributed by atoms with E-state index in [4.69, 9.17) is 14.3 Å². The van der Waals surface area contributed by atoms with Crippen LogP contribution in [0.25, 0.3) is 0 Å². The number of nitro groups is 1.